The van der Waals surface area contributed by atoms with Gasteiger partial charge in [0.1, 0.15) is 0 Å². The molecule has 13 heavy (non-hydrogen) atoms. The van der Waals surface area contributed by atoms with Crippen molar-refractivity contribution in [2.75, 3.05) is 25.1 Å². The molecule has 0 aromatic rings. The third kappa shape index (κ3) is 4.34. The molecule has 3 heteroatoms. The van der Waals surface area contributed by atoms with Gasteiger partial charge in [0, 0.05) is 24.4 Å². The van der Waals surface area contributed by atoms with Gasteiger partial charge in [-0.25, -0.2) is 0 Å². The van der Waals surface area contributed by atoms with E-state index < -0.39 is 0 Å². The molecule has 0 aromatic heterocycles. The first kappa shape index (κ1) is 11.3. The van der Waals surface area contributed by atoms with E-state index in [0.29, 0.717) is 12.1 Å². The van der Waals surface area contributed by atoms with Crippen LogP contribution in [0.4, 0.5) is 0 Å². The Kier molecular flexibility index (Phi) is 5.83. The molecule has 0 saturated carbocycles. The topological polar surface area (TPSA) is 24.1 Å². The van der Waals surface area contributed by atoms with Crippen LogP contribution in [-0.4, -0.2) is 37.2 Å². The van der Waals surface area contributed by atoms with Gasteiger partial charge in [0.15, 0.2) is 0 Å². The Balaban J connectivity index is 2.18. The highest BCUT2D eigenvalue weighted by Crippen LogP contribution is 2.06. The molecule has 0 amide bonds. The van der Waals surface area contributed by atoms with Gasteiger partial charge in [0.25, 0.3) is 0 Å². The maximum Gasteiger partial charge on any atom is 0.0195 e. The third-order valence-corrected chi connectivity index (χ3v) is 3.36. The normalized spacial score (nSPS) is 25.8. The van der Waals surface area contributed by atoms with Gasteiger partial charge in [-0.2, -0.15) is 11.8 Å². The molecule has 0 aliphatic carbocycles. The number of nitrogens with one attached hydrogen (secondary N) is 2. The predicted octanol–water partition coefficient (Wildman–Crippen LogP) is 1.47. The lowest BCUT2D eigenvalue weighted by atomic mass is 10.1. The molecule has 0 radical (unpaired) electrons. The van der Waals surface area contributed by atoms with E-state index in [1.165, 1.54) is 31.6 Å². The van der Waals surface area contributed by atoms with Crippen LogP contribution in [0.2, 0.25) is 0 Å². The third-order valence-electron chi connectivity index (χ3n) is 2.63. The van der Waals surface area contributed by atoms with Crippen molar-refractivity contribution in [3.05, 3.63) is 0 Å². The molecule has 0 aromatic carbocycles. The Labute approximate surface area is 86.2 Å². The van der Waals surface area contributed by atoms with E-state index in [4.69, 9.17) is 0 Å². The summed E-state index contributed by atoms with van der Waals surface area (Å²) in [7, 11) is 0. The second kappa shape index (κ2) is 6.68. The largest absolute Gasteiger partial charge is 0.315 e. The van der Waals surface area contributed by atoms with Gasteiger partial charge in [-0.05, 0) is 32.1 Å². The number of hydrogen-bond acceptors (Lipinski definition) is 3. The molecule has 2 N–H and O–H groups in total. The molecule has 2 atom stereocenters. The lowest BCUT2D eigenvalue weighted by Gasteiger charge is -2.28. The molecule has 1 fully saturated rings. The summed E-state index contributed by atoms with van der Waals surface area (Å²) in [5, 5.41) is 7.16. The van der Waals surface area contributed by atoms with Gasteiger partial charge >= 0.3 is 0 Å². The maximum absolute atomic E-state index is 3.72. The SMILES string of the molecule is CCC(CSC)NC1CCCNC1. The van der Waals surface area contributed by atoms with Crippen molar-refractivity contribution in [3.63, 3.8) is 0 Å². The summed E-state index contributed by atoms with van der Waals surface area (Å²) >= 11 is 1.94. The molecule has 0 spiro atoms. The van der Waals surface area contributed by atoms with Crippen molar-refractivity contribution >= 4 is 11.8 Å². The van der Waals surface area contributed by atoms with Crippen molar-refractivity contribution in [3.8, 4) is 0 Å². The van der Waals surface area contributed by atoms with Gasteiger partial charge in [-0.1, -0.05) is 6.92 Å². The minimum atomic E-state index is 0.708. The number of piperidine rings is 1. The van der Waals surface area contributed by atoms with Gasteiger partial charge in [-0.3, -0.25) is 0 Å². The molecule has 0 bridgehead atoms. The summed E-state index contributed by atoms with van der Waals surface area (Å²) in [4.78, 5) is 0. The monoisotopic (exact) mass is 202 g/mol. The lowest BCUT2D eigenvalue weighted by Crippen LogP contribution is -2.48. The average molecular weight is 202 g/mol. The number of rotatable bonds is 5. The highest BCUT2D eigenvalue weighted by Gasteiger charge is 2.15. The standard InChI is InChI=1S/C10H22N2S/c1-3-9(8-13-2)12-10-5-4-6-11-7-10/h9-12H,3-8H2,1-2H3. The Bertz CT molecular complexity index is 121. The highest BCUT2D eigenvalue weighted by atomic mass is 32.2. The van der Waals surface area contributed by atoms with E-state index in [1.807, 2.05) is 11.8 Å². The molecule has 1 rings (SSSR count). The Morgan fingerprint density at radius 1 is 1.62 bits per heavy atom. The minimum Gasteiger partial charge on any atom is -0.315 e. The second-order valence-corrected chi connectivity index (χ2v) is 4.68. The summed E-state index contributed by atoms with van der Waals surface area (Å²) in [6, 6.07) is 1.42. The minimum absolute atomic E-state index is 0.708. The van der Waals surface area contributed by atoms with E-state index >= 15 is 0 Å². The first-order chi connectivity index (χ1) is 6.36. The fourth-order valence-corrected chi connectivity index (χ4v) is 2.55. The first-order valence-corrected chi connectivity index (χ1v) is 6.72. The molecule has 78 valence electrons. The maximum atomic E-state index is 3.72. The van der Waals surface area contributed by atoms with Crippen LogP contribution in [0.5, 0.6) is 0 Å². The van der Waals surface area contributed by atoms with E-state index in [0.717, 1.165) is 6.54 Å². The van der Waals surface area contributed by atoms with Crippen molar-refractivity contribution in [1.29, 1.82) is 0 Å². The van der Waals surface area contributed by atoms with Crippen molar-refractivity contribution in [1.82, 2.24) is 10.6 Å². The molecule has 1 heterocycles. The quantitative estimate of drug-likeness (QED) is 0.706. The first-order valence-electron chi connectivity index (χ1n) is 5.32. The molecule has 2 nitrogen and oxygen atoms in total. The number of hydrogen-bond donors (Lipinski definition) is 2. The molecule has 1 aliphatic rings. The van der Waals surface area contributed by atoms with E-state index in [-0.39, 0.29) is 0 Å². The summed E-state index contributed by atoms with van der Waals surface area (Å²) in [6.45, 7) is 4.63. The van der Waals surface area contributed by atoms with Gasteiger partial charge in [0.05, 0.1) is 0 Å². The zero-order valence-corrected chi connectivity index (χ0v) is 9.62. The van der Waals surface area contributed by atoms with Crippen LogP contribution in [0.1, 0.15) is 26.2 Å². The Morgan fingerprint density at radius 2 is 2.46 bits per heavy atom. The van der Waals surface area contributed by atoms with E-state index in [2.05, 4.69) is 23.8 Å². The van der Waals surface area contributed by atoms with Crippen LogP contribution in [-0.2, 0) is 0 Å². The van der Waals surface area contributed by atoms with Gasteiger partial charge in [0.2, 0.25) is 0 Å². The van der Waals surface area contributed by atoms with Crippen LogP contribution in [0.15, 0.2) is 0 Å². The smallest absolute Gasteiger partial charge is 0.0195 e. The average Bonchev–Trinajstić information content (AvgIpc) is 2.19. The second-order valence-electron chi connectivity index (χ2n) is 3.77. The zero-order chi connectivity index (χ0) is 9.52. The lowest BCUT2D eigenvalue weighted by molar-refractivity contribution is 0.357. The summed E-state index contributed by atoms with van der Waals surface area (Å²) in [5.74, 6) is 1.24. The van der Waals surface area contributed by atoms with Crippen molar-refractivity contribution in [2.24, 2.45) is 0 Å². The fraction of sp³-hybridized carbons (Fsp3) is 1.00. The molecular formula is C10H22N2S. The predicted molar refractivity (Wildman–Crippen MR) is 61.5 cm³/mol. The van der Waals surface area contributed by atoms with Gasteiger partial charge < -0.3 is 10.6 Å². The highest BCUT2D eigenvalue weighted by molar-refractivity contribution is 7.98. The molecular weight excluding hydrogens is 180 g/mol. The Hall–Kier alpha value is 0.270. The number of thioether (sulfide) groups is 1. The van der Waals surface area contributed by atoms with Crippen LogP contribution < -0.4 is 10.6 Å². The van der Waals surface area contributed by atoms with Crippen molar-refractivity contribution < 1.29 is 0 Å². The fourth-order valence-electron chi connectivity index (χ4n) is 1.81. The Morgan fingerprint density at radius 3 is 3.00 bits per heavy atom. The summed E-state index contributed by atoms with van der Waals surface area (Å²) in [6.07, 6.45) is 6.10. The van der Waals surface area contributed by atoms with Crippen LogP contribution in [0.25, 0.3) is 0 Å². The summed E-state index contributed by atoms with van der Waals surface area (Å²) in [5.41, 5.74) is 0. The molecule has 2 unspecified atom stereocenters. The van der Waals surface area contributed by atoms with E-state index in [9.17, 15) is 0 Å². The zero-order valence-electron chi connectivity index (χ0n) is 8.81. The van der Waals surface area contributed by atoms with Crippen LogP contribution in [0, 0.1) is 0 Å². The van der Waals surface area contributed by atoms with Crippen LogP contribution in [0.3, 0.4) is 0 Å². The van der Waals surface area contributed by atoms with Crippen LogP contribution >= 0.6 is 11.8 Å². The van der Waals surface area contributed by atoms with Crippen molar-refractivity contribution in [2.45, 2.75) is 38.3 Å². The summed E-state index contributed by atoms with van der Waals surface area (Å²) < 4.78 is 0. The van der Waals surface area contributed by atoms with E-state index in [1.54, 1.807) is 0 Å². The molecule has 1 aliphatic heterocycles. The van der Waals surface area contributed by atoms with Gasteiger partial charge in [-0.15, -0.1) is 0 Å². The molecule has 1 saturated heterocycles.